The maximum absolute atomic E-state index is 10.5. The molecule has 1 aromatic rings. The zero-order valence-corrected chi connectivity index (χ0v) is 12.4. The monoisotopic (exact) mass is 282 g/mol. The molecule has 0 aliphatic heterocycles. The minimum Gasteiger partial charge on any atom is -0.481 e. The SMILES string of the molecule is CCCCCCCCCCn1nnnc1CCC(=O)O. The van der Waals surface area contributed by atoms with Crippen molar-refractivity contribution in [3.63, 3.8) is 0 Å². The van der Waals surface area contributed by atoms with E-state index >= 15 is 0 Å². The molecule has 0 unspecified atom stereocenters. The molecule has 0 bridgehead atoms. The van der Waals surface area contributed by atoms with Crippen molar-refractivity contribution in [2.75, 3.05) is 0 Å². The number of nitrogens with zero attached hydrogens (tertiary/aromatic N) is 4. The number of carboxylic acid groups (broad SMARTS) is 1. The lowest BCUT2D eigenvalue weighted by atomic mass is 10.1. The molecule has 1 aromatic heterocycles. The fraction of sp³-hybridized carbons (Fsp3) is 0.857. The molecule has 1 heterocycles. The summed E-state index contributed by atoms with van der Waals surface area (Å²) in [5.41, 5.74) is 0. The Kier molecular flexibility index (Phi) is 8.58. The van der Waals surface area contributed by atoms with E-state index in [-0.39, 0.29) is 6.42 Å². The second-order valence-corrected chi connectivity index (χ2v) is 5.19. The van der Waals surface area contributed by atoms with E-state index in [2.05, 4.69) is 22.4 Å². The highest BCUT2D eigenvalue weighted by Gasteiger charge is 2.07. The van der Waals surface area contributed by atoms with Crippen LogP contribution in [-0.2, 0) is 17.8 Å². The minimum absolute atomic E-state index is 0.0812. The number of aryl methyl sites for hydroxylation is 2. The molecule has 0 aromatic carbocycles. The van der Waals surface area contributed by atoms with Crippen LogP contribution in [0, 0.1) is 0 Å². The molecule has 1 rings (SSSR count). The van der Waals surface area contributed by atoms with Crippen molar-refractivity contribution in [2.45, 2.75) is 77.7 Å². The van der Waals surface area contributed by atoms with Crippen LogP contribution < -0.4 is 0 Å². The van der Waals surface area contributed by atoms with Gasteiger partial charge in [-0.15, -0.1) is 5.10 Å². The molecule has 6 heteroatoms. The summed E-state index contributed by atoms with van der Waals surface area (Å²) in [5.74, 6) is -0.137. The lowest BCUT2D eigenvalue weighted by molar-refractivity contribution is -0.137. The van der Waals surface area contributed by atoms with Gasteiger partial charge in [0.25, 0.3) is 0 Å². The van der Waals surface area contributed by atoms with E-state index in [1.54, 1.807) is 4.68 Å². The molecule has 20 heavy (non-hydrogen) atoms. The van der Waals surface area contributed by atoms with Crippen LogP contribution in [0.2, 0.25) is 0 Å². The summed E-state index contributed by atoms with van der Waals surface area (Å²) < 4.78 is 1.74. The Morgan fingerprint density at radius 2 is 1.75 bits per heavy atom. The fourth-order valence-corrected chi connectivity index (χ4v) is 2.19. The topological polar surface area (TPSA) is 80.9 Å². The fourth-order valence-electron chi connectivity index (χ4n) is 2.19. The van der Waals surface area contributed by atoms with Crippen LogP contribution in [0.3, 0.4) is 0 Å². The lowest BCUT2D eigenvalue weighted by Crippen LogP contribution is -2.08. The van der Waals surface area contributed by atoms with Crippen molar-refractivity contribution in [1.82, 2.24) is 20.2 Å². The van der Waals surface area contributed by atoms with Crippen molar-refractivity contribution in [3.8, 4) is 0 Å². The van der Waals surface area contributed by atoms with Gasteiger partial charge in [0.05, 0.1) is 6.42 Å². The number of aromatic nitrogens is 4. The Morgan fingerprint density at radius 1 is 1.10 bits per heavy atom. The van der Waals surface area contributed by atoms with Crippen molar-refractivity contribution in [1.29, 1.82) is 0 Å². The number of unbranched alkanes of at least 4 members (excludes halogenated alkanes) is 7. The highest BCUT2D eigenvalue weighted by Crippen LogP contribution is 2.09. The van der Waals surface area contributed by atoms with E-state index in [0.29, 0.717) is 12.2 Å². The van der Waals surface area contributed by atoms with Crippen molar-refractivity contribution >= 4 is 5.97 Å². The van der Waals surface area contributed by atoms with Gasteiger partial charge in [0.1, 0.15) is 0 Å². The van der Waals surface area contributed by atoms with Gasteiger partial charge in [-0.25, -0.2) is 4.68 Å². The third-order valence-electron chi connectivity index (χ3n) is 3.39. The first-order valence-electron chi connectivity index (χ1n) is 7.71. The summed E-state index contributed by atoms with van der Waals surface area (Å²) >= 11 is 0. The van der Waals surface area contributed by atoms with E-state index in [1.165, 1.54) is 44.9 Å². The molecule has 0 saturated carbocycles. The van der Waals surface area contributed by atoms with Crippen LogP contribution in [0.1, 0.15) is 70.5 Å². The predicted molar refractivity (Wildman–Crippen MR) is 76.4 cm³/mol. The van der Waals surface area contributed by atoms with Crippen LogP contribution in [-0.4, -0.2) is 31.3 Å². The van der Waals surface area contributed by atoms with Gasteiger partial charge >= 0.3 is 5.97 Å². The third-order valence-corrected chi connectivity index (χ3v) is 3.39. The normalized spacial score (nSPS) is 10.8. The zero-order chi connectivity index (χ0) is 14.6. The molecule has 114 valence electrons. The number of rotatable bonds is 12. The minimum atomic E-state index is -0.813. The summed E-state index contributed by atoms with van der Waals surface area (Å²) in [6.45, 7) is 3.02. The lowest BCUT2D eigenvalue weighted by Gasteiger charge is -2.04. The molecule has 6 nitrogen and oxygen atoms in total. The maximum Gasteiger partial charge on any atom is 0.303 e. The number of hydrogen-bond donors (Lipinski definition) is 1. The summed E-state index contributed by atoms with van der Waals surface area (Å²) in [5, 5.41) is 20.1. The summed E-state index contributed by atoms with van der Waals surface area (Å²) in [4.78, 5) is 10.5. The zero-order valence-electron chi connectivity index (χ0n) is 12.4. The summed E-state index contributed by atoms with van der Waals surface area (Å²) in [6.07, 6.45) is 10.6. The number of tetrazole rings is 1. The molecule has 0 amide bonds. The van der Waals surface area contributed by atoms with E-state index < -0.39 is 5.97 Å². The molecule has 1 N–H and O–H groups in total. The van der Waals surface area contributed by atoms with Gasteiger partial charge < -0.3 is 5.11 Å². The van der Waals surface area contributed by atoms with E-state index in [4.69, 9.17) is 5.11 Å². The van der Waals surface area contributed by atoms with Crippen molar-refractivity contribution in [3.05, 3.63) is 5.82 Å². The van der Waals surface area contributed by atoms with E-state index in [9.17, 15) is 4.79 Å². The number of carbonyl (C=O) groups is 1. The van der Waals surface area contributed by atoms with Crippen LogP contribution in [0.15, 0.2) is 0 Å². The second-order valence-electron chi connectivity index (χ2n) is 5.19. The molecule has 0 radical (unpaired) electrons. The molecule has 0 atom stereocenters. The number of carboxylic acids is 1. The Bertz CT molecular complexity index is 379. The molecule has 0 fully saturated rings. The molecular formula is C14H26N4O2. The maximum atomic E-state index is 10.5. The number of hydrogen-bond acceptors (Lipinski definition) is 4. The molecule has 0 aliphatic carbocycles. The summed E-state index contributed by atoms with van der Waals surface area (Å²) in [7, 11) is 0. The highest BCUT2D eigenvalue weighted by molar-refractivity contribution is 5.66. The van der Waals surface area contributed by atoms with Crippen molar-refractivity contribution < 1.29 is 9.90 Å². The first kappa shape index (κ1) is 16.6. The van der Waals surface area contributed by atoms with Gasteiger partial charge in [0, 0.05) is 13.0 Å². The van der Waals surface area contributed by atoms with Crippen LogP contribution in [0.25, 0.3) is 0 Å². The van der Waals surface area contributed by atoms with Crippen molar-refractivity contribution in [2.24, 2.45) is 0 Å². The Hall–Kier alpha value is -1.46. The quantitative estimate of drug-likeness (QED) is 0.596. The van der Waals surface area contributed by atoms with Crippen LogP contribution in [0.4, 0.5) is 0 Å². The second kappa shape index (κ2) is 10.3. The first-order valence-corrected chi connectivity index (χ1v) is 7.71. The Balaban J connectivity index is 2.09. The highest BCUT2D eigenvalue weighted by atomic mass is 16.4. The van der Waals surface area contributed by atoms with Crippen LogP contribution in [0.5, 0.6) is 0 Å². The van der Waals surface area contributed by atoms with E-state index in [1.807, 2.05) is 0 Å². The van der Waals surface area contributed by atoms with Gasteiger partial charge in [-0.2, -0.15) is 0 Å². The first-order chi connectivity index (χ1) is 9.74. The number of aliphatic carboxylic acids is 1. The van der Waals surface area contributed by atoms with Gasteiger partial charge in [0.15, 0.2) is 5.82 Å². The Morgan fingerprint density at radius 3 is 2.40 bits per heavy atom. The van der Waals surface area contributed by atoms with Crippen LogP contribution >= 0.6 is 0 Å². The molecule has 0 spiro atoms. The average Bonchev–Trinajstić information content (AvgIpc) is 2.87. The molecule has 0 aliphatic rings. The largest absolute Gasteiger partial charge is 0.481 e. The smallest absolute Gasteiger partial charge is 0.303 e. The van der Waals surface area contributed by atoms with E-state index in [0.717, 1.165) is 13.0 Å². The Labute approximate surface area is 120 Å². The third kappa shape index (κ3) is 7.21. The summed E-state index contributed by atoms with van der Waals surface area (Å²) in [6, 6.07) is 0. The average molecular weight is 282 g/mol. The standard InChI is InChI=1S/C14H26N4O2/c1-2-3-4-5-6-7-8-9-12-18-13(15-16-17-18)10-11-14(19)20/h2-12H2,1H3,(H,19,20). The van der Waals surface area contributed by atoms with Gasteiger partial charge in [-0.05, 0) is 16.8 Å². The van der Waals surface area contributed by atoms with Gasteiger partial charge in [-0.3, -0.25) is 4.79 Å². The van der Waals surface area contributed by atoms with Gasteiger partial charge in [-0.1, -0.05) is 51.9 Å². The predicted octanol–water partition coefficient (Wildman–Crippen LogP) is 2.83. The molecular weight excluding hydrogens is 256 g/mol. The van der Waals surface area contributed by atoms with Gasteiger partial charge in [0.2, 0.25) is 0 Å². The molecule has 0 saturated heterocycles.